The van der Waals surface area contributed by atoms with Gasteiger partial charge in [0, 0.05) is 30.4 Å². The number of piperidine rings is 1. The van der Waals surface area contributed by atoms with E-state index in [0.717, 1.165) is 36.6 Å². The zero-order chi connectivity index (χ0) is 14.7. The minimum Gasteiger partial charge on any atom is -0.370 e. The van der Waals surface area contributed by atoms with E-state index in [0.29, 0.717) is 12.0 Å². The monoisotopic (exact) mass is 275 g/mol. The predicted molar refractivity (Wildman–Crippen MR) is 82.0 cm³/mol. The van der Waals surface area contributed by atoms with Gasteiger partial charge in [-0.05, 0) is 51.7 Å². The van der Waals surface area contributed by atoms with Gasteiger partial charge < -0.3 is 10.2 Å². The van der Waals surface area contributed by atoms with Gasteiger partial charge in [-0.25, -0.2) is 4.98 Å². The second-order valence-electron chi connectivity index (χ2n) is 5.77. The van der Waals surface area contributed by atoms with E-state index < -0.39 is 0 Å². The Hall–Kier alpha value is -1.58. The first-order chi connectivity index (χ1) is 9.52. The zero-order valence-electron chi connectivity index (χ0n) is 12.9. The van der Waals surface area contributed by atoms with E-state index in [9.17, 15) is 4.79 Å². The van der Waals surface area contributed by atoms with Gasteiger partial charge in [0.2, 0.25) is 0 Å². The second kappa shape index (κ2) is 6.25. The summed E-state index contributed by atoms with van der Waals surface area (Å²) in [5.41, 5.74) is 1.62. The van der Waals surface area contributed by atoms with Gasteiger partial charge in [-0.15, -0.1) is 0 Å². The van der Waals surface area contributed by atoms with E-state index in [1.165, 1.54) is 6.42 Å². The number of rotatable bonds is 3. The van der Waals surface area contributed by atoms with E-state index in [-0.39, 0.29) is 5.91 Å². The van der Waals surface area contributed by atoms with Gasteiger partial charge in [0.25, 0.3) is 5.91 Å². The summed E-state index contributed by atoms with van der Waals surface area (Å²) < 4.78 is 0. The molecule has 0 bridgehead atoms. The van der Waals surface area contributed by atoms with Crippen LogP contribution >= 0.6 is 0 Å². The summed E-state index contributed by atoms with van der Waals surface area (Å²) in [4.78, 5) is 19.2. The Morgan fingerprint density at radius 1 is 1.45 bits per heavy atom. The fourth-order valence-corrected chi connectivity index (χ4v) is 2.85. The molecule has 2 rings (SSSR count). The van der Waals surface area contributed by atoms with Crippen LogP contribution in [0, 0.1) is 12.8 Å². The van der Waals surface area contributed by atoms with E-state index in [1.54, 1.807) is 0 Å². The molecule has 0 aliphatic carbocycles. The van der Waals surface area contributed by atoms with Crippen molar-refractivity contribution in [1.82, 2.24) is 9.88 Å². The minimum absolute atomic E-state index is 0.133. The zero-order valence-corrected chi connectivity index (χ0v) is 12.9. The van der Waals surface area contributed by atoms with E-state index in [4.69, 9.17) is 0 Å². The van der Waals surface area contributed by atoms with Crippen LogP contribution in [0.15, 0.2) is 12.1 Å². The van der Waals surface area contributed by atoms with Gasteiger partial charge in [-0.1, -0.05) is 6.92 Å². The van der Waals surface area contributed by atoms with Crippen molar-refractivity contribution >= 4 is 11.7 Å². The number of hydrogen-bond donors (Lipinski definition) is 1. The third-order valence-electron chi connectivity index (χ3n) is 4.19. The molecule has 4 nitrogen and oxygen atoms in total. The Bertz CT molecular complexity index is 487. The molecule has 1 N–H and O–H groups in total. The van der Waals surface area contributed by atoms with Crippen LogP contribution in [-0.4, -0.2) is 34.9 Å². The van der Waals surface area contributed by atoms with Crippen LogP contribution in [0.2, 0.25) is 0 Å². The first kappa shape index (κ1) is 14.8. The summed E-state index contributed by atoms with van der Waals surface area (Å²) in [6.07, 6.45) is 2.31. The maximum Gasteiger partial charge on any atom is 0.254 e. The number of pyridine rings is 1. The molecule has 1 aromatic rings. The fraction of sp³-hybridized carbons (Fsp3) is 0.625. The lowest BCUT2D eigenvalue weighted by Gasteiger charge is -2.38. The third-order valence-corrected chi connectivity index (χ3v) is 4.19. The molecule has 0 saturated carbocycles. The maximum atomic E-state index is 12.7. The van der Waals surface area contributed by atoms with Crippen molar-refractivity contribution in [3.8, 4) is 0 Å². The van der Waals surface area contributed by atoms with Crippen molar-refractivity contribution in [3.05, 3.63) is 23.4 Å². The van der Waals surface area contributed by atoms with Gasteiger partial charge in [0.1, 0.15) is 5.82 Å². The highest BCUT2D eigenvalue weighted by Crippen LogP contribution is 2.25. The number of likely N-dealkylation sites (tertiary alicyclic amines) is 1. The Morgan fingerprint density at radius 3 is 2.90 bits per heavy atom. The van der Waals surface area contributed by atoms with Gasteiger partial charge in [0.15, 0.2) is 0 Å². The molecule has 20 heavy (non-hydrogen) atoms. The highest BCUT2D eigenvalue weighted by atomic mass is 16.2. The summed E-state index contributed by atoms with van der Waals surface area (Å²) in [5, 5.41) is 3.18. The minimum atomic E-state index is 0.133. The molecule has 4 heteroatoms. The van der Waals surface area contributed by atoms with Crippen LogP contribution in [0.5, 0.6) is 0 Å². The number of hydrogen-bond acceptors (Lipinski definition) is 3. The average molecular weight is 275 g/mol. The van der Waals surface area contributed by atoms with Crippen LogP contribution < -0.4 is 5.32 Å². The standard InChI is InChI=1S/C16H25N3O/c1-5-17-15-10-14(9-12(3)18-15)16(20)19-8-6-7-11(2)13(19)4/h9-11,13H,5-8H2,1-4H3,(H,17,18). The molecule has 1 saturated heterocycles. The van der Waals surface area contributed by atoms with Gasteiger partial charge in [0.05, 0.1) is 0 Å². The molecule has 2 unspecified atom stereocenters. The molecule has 2 heterocycles. The molecule has 1 fully saturated rings. The lowest BCUT2D eigenvalue weighted by molar-refractivity contribution is 0.0551. The number of aryl methyl sites for hydroxylation is 1. The van der Waals surface area contributed by atoms with Crippen molar-refractivity contribution in [1.29, 1.82) is 0 Å². The van der Waals surface area contributed by atoms with Gasteiger partial charge in [-0.3, -0.25) is 4.79 Å². The van der Waals surface area contributed by atoms with Crippen molar-refractivity contribution < 1.29 is 4.79 Å². The third kappa shape index (κ3) is 3.11. The Labute approximate surface area is 121 Å². The quantitative estimate of drug-likeness (QED) is 0.922. The number of aromatic nitrogens is 1. The maximum absolute atomic E-state index is 12.7. The van der Waals surface area contributed by atoms with Crippen molar-refractivity contribution in [2.75, 3.05) is 18.4 Å². The second-order valence-corrected chi connectivity index (χ2v) is 5.77. The van der Waals surface area contributed by atoms with Crippen molar-refractivity contribution in [3.63, 3.8) is 0 Å². The number of anilines is 1. The highest BCUT2D eigenvalue weighted by Gasteiger charge is 2.29. The summed E-state index contributed by atoms with van der Waals surface area (Å²) in [6, 6.07) is 4.06. The molecule has 1 aliphatic heterocycles. The van der Waals surface area contributed by atoms with Crippen LogP contribution in [0.3, 0.4) is 0 Å². The Morgan fingerprint density at radius 2 is 2.20 bits per heavy atom. The molecule has 0 aromatic carbocycles. The Kier molecular flexibility index (Phi) is 4.63. The fourth-order valence-electron chi connectivity index (χ4n) is 2.85. The number of amides is 1. The normalized spacial score (nSPS) is 22.7. The summed E-state index contributed by atoms with van der Waals surface area (Å²) in [5.74, 6) is 1.49. The van der Waals surface area contributed by atoms with Crippen molar-refractivity contribution in [2.24, 2.45) is 5.92 Å². The van der Waals surface area contributed by atoms with E-state index in [2.05, 4.69) is 24.1 Å². The number of nitrogens with one attached hydrogen (secondary N) is 1. The van der Waals surface area contributed by atoms with Crippen LogP contribution in [-0.2, 0) is 0 Å². The Balaban J connectivity index is 2.23. The van der Waals surface area contributed by atoms with Crippen LogP contribution in [0.4, 0.5) is 5.82 Å². The van der Waals surface area contributed by atoms with Crippen molar-refractivity contribution in [2.45, 2.75) is 46.6 Å². The topological polar surface area (TPSA) is 45.2 Å². The van der Waals surface area contributed by atoms with Crippen LogP contribution in [0.25, 0.3) is 0 Å². The molecular weight excluding hydrogens is 250 g/mol. The summed E-state index contributed by atoms with van der Waals surface area (Å²) in [6.45, 7) is 10.0. The number of nitrogens with zero attached hydrogens (tertiary/aromatic N) is 2. The SMILES string of the molecule is CCNc1cc(C(=O)N2CCCC(C)C2C)cc(C)n1. The highest BCUT2D eigenvalue weighted by molar-refractivity contribution is 5.95. The van der Waals surface area contributed by atoms with Crippen LogP contribution in [0.1, 0.15) is 49.7 Å². The van der Waals surface area contributed by atoms with Gasteiger partial charge >= 0.3 is 0 Å². The molecular formula is C16H25N3O. The lowest BCUT2D eigenvalue weighted by Crippen LogP contribution is -2.46. The molecule has 2 atom stereocenters. The predicted octanol–water partition coefficient (Wildman–Crippen LogP) is 3.08. The molecule has 1 aliphatic rings. The number of carbonyl (C=O) groups is 1. The average Bonchev–Trinajstić information content (AvgIpc) is 2.41. The first-order valence-corrected chi connectivity index (χ1v) is 7.56. The van der Waals surface area contributed by atoms with E-state index >= 15 is 0 Å². The lowest BCUT2D eigenvalue weighted by atomic mass is 9.91. The smallest absolute Gasteiger partial charge is 0.254 e. The molecule has 0 radical (unpaired) electrons. The summed E-state index contributed by atoms with van der Waals surface area (Å²) >= 11 is 0. The molecule has 0 spiro atoms. The van der Waals surface area contributed by atoms with Gasteiger partial charge in [-0.2, -0.15) is 0 Å². The molecule has 1 amide bonds. The largest absolute Gasteiger partial charge is 0.370 e. The molecule has 1 aromatic heterocycles. The molecule has 110 valence electrons. The number of carbonyl (C=O) groups excluding carboxylic acids is 1. The van der Waals surface area contributed by atoms with E-state index in [1.807, 2.05) is 30.9 Å². The summed E-state index contributed by atoms with van der Waals surface area (Å²) in [7, 11) is 0. The first-order valence-electron chi connectivity index (χ1n) is 7.56.